The van der Waals surface area contributed by atoms with Gasteiger partial charge in [0.15, 0.2) is 0 Å². The van der Waals surface area contributed by atoms with Crippen molar-refractivity contribution in [3.8, 4) is 0 Å². The van der Waals surface area contributed by atoms with Crippen LogP contribution >= 0.6 is 0 Å². The SMILES string of the molecule is [N-]=[N+]=NCOC1CC(n2cc(CNC(=O)C(F)(F)F)c(=O)[nH]c2=O)OC1CO. The Morgan fingerprint density at radius 2 is 2.25 bits per heavy atom. The van der Waals surface area contributed by atoms with Crippen LogP contribution < -0.4 is 16.6 Å². The number of nitrogens with one attached hydrogen (secondary N) is 2. The van der Waals surface area contributed by atoms with Crippen molar-refractivity contribution in [3.63, 3.8) is 0 Å². The normalized spacial score (nSPS) is 21.9. The number of ether oxygens (including phenoxy) is 2. The van der Waals surface area contributed by atoms with Crippen molar-refractivity contribution in [1.29, 1.82) is 0 Å². The second-order valence-corrected chi connectivity index (χ2v) is 5.61. The summed E-state index contributed by atoms with van der Waals surface area (Å²) in [5.74, 6) is -2.24. The van der Waals surface area contributed by atoms with Gasteiger partial charge in [0.25, 0.3) is 5.56 Å². The summed E-state index contributed by atoms with van der Waals surface area (Å²) in [4.78, 5) is 39.1. The van der Waals surface area contributed by atoms with Crippen molar-refractivity contribution in [2.45, 2.75) is 37.6 Å². The summed E-state index contributed by atoms with van der Waals surface area (Å²) in [5.41, 5.74) is 6.04. The van der Waals surface area contributed by atoms with E-state index in [0.29, 0.717) is 0 Å². The minimum atomic E-state index is -5.12. The van der Waals surface area contributed by atoms with Crippen molar-refractivity contribution in [1.82, 2.24) is 14.9 Å². The van der Waals surface area contributed by atoms with Crippen LogP contribution in [0.3, 0.4) is 0 Å². The maximum Gasteiger partial charge on any atom is 0.471 e. The number of H-pyrrole nitrogens is 1. The average Bonchev–Trinajstić information content (AvgIpc) is 3.03. The molecule has 28 heavy (non-hydrogen) atoms. The van der Waals surface area contributed by atoms with Crippen LogP contribution in [0.15, 0.2) is 20.9 Å². The fourth-order valence-electron chi connectivity index (χ4n) is 2.51. The van der Waals surface area contributed by atoms with Crippen LogP contribution in [0.1, 0.15) is 18.2 Å². The van der Waals surface area contributed by atoms with E-state index in [0.717, 1.165) is 10.8 Å². The summed E-state index contributed by atoms with van der Waals surface area (Å²) in [6, 6.07) is 0. The number of nitrogens with zero attached hydrogens (tertiary/aromatic N) is 4. The lowest BCUT2D eigenvalue weighted by molar-refractivity contribution is -0.173. The number of aromatic nitrogens is 2. The van der Waals surface area contributed by atoms with Gasteiger partial charge in [-0.3, -0.25) is 19.1 Å². The van der Waals surface area contributed by atoms with Gasteiger partial charge in [-0.15, -0.1) is 0 Å². The van der Waals surface area contributed by atoms with E-state index in [1.165, 1.54) is 5.32 Å². The number of aliphatic hydroxyl groups excluding tert-OH is 1. The minimum Gasteiger partial charge on any atom is -0.394 e. The van der Waals surface area contributed by atoms with Crippen molar-refractivity contribution in [2.75, 3.05) is 13.3 Å². The maximum absolute atomic E-state index is 12.3. The molecule has 1 aromatic rings. The van der Waals surface area contributed by atoms with E-state index < -0.39 is 54.9 Å². The van der Waals surface area contributed by atoms with Crippen LogP contribution in [0.2, 0.25) is 0 Å². The van der Waals surface area contributed by atoms with Gasteiger partial charge in [0, 0.05) is 24.1 Å². The molecule has 1 amide bonds. The highest BCUT2D eigenvalue weighted by atomic mass is 19.4. The van der Waals surface area contributed by atoms with Crippen LogP contribution in [-0.4, -0.2) is 52.3 Å². The van der Waals surface area contributed by atoms with Gasteiger partial charge >= 0.3 is 17.8 Å². The quantitative estimate of drug-likeness (QED) is 0.316. The zero-order valence-electron chi connectivity index (χ0n) is 14.0. The Morgan fingerprint density at radius 3 is 2.86 bits per heavy atom. The predicted octanol–water partition coefficient (Wildman–Crippen LogP) is -0.352. The van der Waals surface area contributed by atoms with Crippen molar-refractivity contribution >= 4 is 5.91 Å². The molecule has 2 rings (SSSR count). The summed E-state index contributed by atoms with van der Waals surface area (Å²) in [6.45, 7) is -1.60. The summed E-state index contributed by atoms with van der Waals surface area (Å²) in [6.07, 6.45) is -6.78. The van der Waals surface area contributed by atoms with Crippen LogP contribution in [0.4, 0.5) is 13.2 Å². The van der Waals surface area contributed by atoms with Gasteiger partial charge in [0.1, 0.15) is 19.1 Å². The van der Waals surface area contributed by atoms with E-state index in [1.54, 1.807) is 0 Å². The molecule has 12 nitrogen and oxygen atoms in total. The molecule has 3 N–H and O–H groups in total. The molecule has 1 aliphatic rings. The van der Waals surface area contributed by atoms with Crippen LogP contribution in [-0.2, 0) is 20.8 Å². The van der Waals surface area contributed by atoms with Gasteiger partial charge in [-0.1, -0.05) is 5.11 Å². The molecule has 15 heteroatoms. The molecule has 1 aliphatic heterocycles. The number of carbonyl (C=O) groups is 1. The van der Waals surface area contributed by atoms with E-state index in [1.807, 2.05) is 4.98 Å². The first-order chi connectivity index (χ1) is 13.2. The second-order valence-electron chi connectivity index (χ2n) is 5.61. The summed E-state index contributed by atoms with van der Waals surface area (Å²) in [7, 11) is 0. The highest BCUT2D eigenvalue weighted by molar-refractivity contribution is 5.81. The maximum atomic E-state index is 12.3. The molecule has 0 radical (unpaired) electrons. The zero-order valence-corrected chi connectivity index (χ0v) is 14.0. The van der Waals surface area contributed by atoms with Crippen LogP contribution in [0.5, 0.6) is 0 Å². The number of amides is 1. The first-order valence-electron chi connectivity index (χ1n) is 7.75. The Labute approximate surface area is 153 Å². The van der Waals surface area contributed by atoms with Crippen LogP contribution in [0, 0.1) is 0 Å². The number of aliphatic hydroxyl groups is 1. The van der Waals surface area contributed by atoms with E-state index in [9.17, 15) is 32.7 Å². The van der Waals surface area contributed by atoms with Crippen molar-refractivity contribution < 1.29 is 32.5 Å². The zero-order chi connectivity index (χ0) is 20.9. The van der Waals surface area contributed by atoms with Gasteiger partial charge in [0.2, 0.25) is 0 Å². The number of alkyl halides is 3. The van der Waals surface area contributed by atoms with Gasteiger partial charge < -0.3 is 19.9 Å². The highest BCUT2D eigenvalue weighted by Crippen LogP contribution is 2.29. The Balaban J connectivity index is 2.19. The first kappa shape index (κ1) is 21.4. The molecular weight excluding hydrogens is 393 g/mol. The van der Waals surface area contributed by atoms with Gasteiger partial charge in [-0.05, 0) is 5.53 Å². The predicted molar refractivity (Wildman–Crippen MR) is 83.7 cm³/mol. The molecule has 0 spiro atoms. The third kappa shape index (κ3) is 5.10. The van der Waals surface area contributed by atoms with Gasteiger partial charge in [-0.2, -0.15) is 13.2 Å². The van der Waals surface area contributed by atoms with Crippen LogP contribution in [0.25, 0.3) is 10.4 Å². The summed E-state index contributed by atoms with van der Waals surface area (Å²) >= 11 is 0. The largest absolute Gasteiger partial charge is 0.471 e. The number of hydrogen-bond donors (Lipinski definition) is 3. The minimum absolute atomic E-state index is 0.0203. The summed E-state index contributed by atoms with van der Waals surface area (Å²) in [5, 5.41) is 14.0. The number of aromatic amines is 1. The van der Waals surface area contributed by atoms with E-state index in [4.69, 9.17) is 15.0 Å². The molecule has 0 bridgehead atoms. The number of rotatable bonds is 7. The molecule has 154 valence electrons. The van der Waals surface area contributed by atoms with E-state index in [2.05, 4.69) is 10.0 Å². The Hall–Kier alpha value is -2.87. The first-order valence-corrected chi connectivity index (χ1v) is 7.75. The monoisotopic (exact) mass is 408 g/mol. The molecule has 1 fully saturated rings. The molecule has 0 saturated carbocycles. The third-order valence-corrected chi connectivity index (χ3v) is 3.82. The molecule has 1 aromatic heterocycles. The lowest BCUT2D eigenvalue weighted by atomic mass is 10.2. The molecular formula is C13H15F3N6O6. The Kier molecular flexibility index (Phi) is 6.80. The Bertz CT molecular complexity index is 877. The fourth-order valence-corrected chi connectivity index (χ4v) is 2.51. The second kappa shape index (κ2) is 8.88. The molecule has 3 unspecified atom stereocenters. The lowest BCUT2D eigenvalue weighted by Crippen LogP contribution is -2.40. The Morgan fingerprint density at radius 1 is 1.54 bits per heavy atom. The number of halogens is 3. The number of hydrogen-bond acceptors (Lipinski definition) is 7. The highest BCUT2D eigenvalue weighted by Gasteiger charge is 2.39. The molecule has 1 saturated heterocycles. The summed E-state index contributed by atoms with van der Waals surface area (Å²) < 4.78 is 48.4. The van der Waals surface area contributed by atoms with Gasteiger partial charge in [-0.25, -0.2) is 4.79 Å². The standard InChI is InChI=1S/C13H15F3N6O6/c14-13(15,16)11(25)18-2-6-3-22(12(26)20-10(6)24)9-1-7(8(4-23)28-9)27-5-19-21-17/h3,7-9,23H,1-2,4-5H2,(H,18,25)(H,20,24,26). The fraction of sp³-hybridized carbons (Fsp3) is 0.615. The third-order valence-electron chi connectivity index (χ3n) is 3.82. The van der Waals surface area contributed by atoms with E-state index >= 15 is 0 Å². The molecule has 3 atom stereocenters. The molecule has 0 aromatic carbocycles. The molecule has 2 heterocycles. The van der Waals surface area contributed by atoms with Gasteiger partial charge in [0.05, 0.1) is 18.3 Å². The van der Waals surface area contributed by atoms with Crippen molar-refractivity contribution in [3.05, 3.63) is 43.0 Å². The number of azide groups is 1. The lowest BCUT2D eigenvalue weighted by Gasteiger charge is -2.16. The molecule has 0 aliphatic carbocycles. The smallest absolute Gasteiger partial charge is 0.394 e. The van der Waals surface area contributed by atoms with E-state index in [-0.39, 0.29) is 18.7 Å². The van der Waals surface area contributed by atoms with Crippen molar-refractivity contribution in [2.24, 2.45) is 5.11 Å². The topological polar surface area (TPSA) is 171 Å². The number of carbonyl (C=O) groups excluding carboxylic acids is 1. The average molecular weight is 408 g/mol.